The minimum atomic E-state index is -0.280. The maximum absolute atomic E-state index is 10.7. The first-order valence-electron chi connectivity index (χ1n) is 5.00. The normalized spacial score (nSPS) is 12.4. The molecule has 0 bridgehead atoms. The van der Waals surface area contributed by atoms with E-state index < -0.39 is 0 Å². The minimum Gasteiger partial charge on any atom is -0.370 e. The third-order valence-electron chi connectivity index (χ3n) is 2.30. The molecule has 4 heteroatoms. The van der Waals surface area contributed by atoms with Crippen LogP contribution in [0.4, 0.5) is 0 Å². The number of nitrogens with two attached hydrogens (primary N) is 1. The Hall–Kier alpha value is -1.42. The van der Waals surface area contributed by atoms with E-state index in [4.69, 9.17) is 5.73 Å². The molecule has 0 radical (unpaired) electrons. The quantitative estimate of drug-likeness (QED) is 0.748. The third kappa shape index (κ3) is 4.08. The van der Waals surface area contributed by atoms with Crippen molar-refractivity contribution in [3.63, 3.8) is 0 Å². The van der Waals surface area contributed by atoms with Crippen LogP contribution in [-0.4, -0.2) is 16.9 Å². The average Bonchev–Trinajstić information content (AvgIpc) is 2.15. The van der Waals surface area contributed by atoms with Gasteiger partial charge in [0.15, 0.2) is 0 Å². The third-order valence-corrected chi connectivity index (χ3v) is 2.30. The summed E-state index contributed by atoms with van der Waals surface area (Å²) in [4.78, 5) is 14.7. The second kappa shape index (κ2) is 5.46. The lowest BCUT2D eigenvalue weighted by Gasteiger charge is -2.12. The van der Waals surface area contributed by atoms with Gasteiger partial charge in [0.05, 0.1) is 0 Å². The van der Waals surface area contributed by atoms with E-state index in [2.05, 4.69) is 10.3 Å². The first-order valence-corrected chi connectivity index (χ1v) is 5.00. The van der Waals surface area contributed by atoms with Crippen LogP contribution >= 0.6 is 0 Å². The van der Waals surface area contributed by atoms with Crippen molar-refractivity contribution in [3.8, 4) is 0 Å². The highest BCUT2D eigenvalue weighted by Gasteiger charge is 2.05. The van der Waals surface area contributed by atoms with Gasteiger partial charge in [-0.15, -0.1) is 0 Å². The van der Waals surface area contributed by atoms with Gasteiger partial charge in [0.25, 0.3) is 0 Å². The SMILES string of the molecule is Cc1ccncc1CNC(C)CC(N)=O. The molecule has 82 valence electrons. The Morgan fingerprint density at radius 2 is 2.40 bits per heavy atom. The highest BCUT2D eigenvalue weighted by Crippen LogP contribution is 2.04. The molecule has 1 unspecified atom stereocenters. The Bertz CT molecular complexity index is 338. The molecule has 1 aromatic rings. The van der Waals surface area contributed by atoms with E-state index in [0.29, 0.717) is 13.0 Å². The number of nitrogens with one attached hydrogen (secondary N) is 1. The van der Waals surface area contributed by atoms with Gasteiger partial charge in [-0.25, -0.2) is 0 Å². The fourth-order valence-corrected chi connectivity index (χ4v) is 1.34. The number of hydrogen-bond donors (Lipinski definition) is 2. The van der Waals surface area contributed by atoms with E-state index in [0.717, 1.165) is 5.56 Å². The average molecular weight is 207 g/mol. The van der Waals surface area contributed by atoms with Crippen molar-refractivity contribution in [1.29, 1.82) is 0 Å². The molecule has 0 aliphatic carbocycles. The number of carbonyl (C=O) groups excluding carboxylic acids is 1. The monoisotopic (exact) mass is 207 g/mol. The summed E-state index contributed by atoms with van der Waals surface area (Å²) in [5.74, 6) is -0.280. The Balaban J connectivity index is 2.43. The van der Waals surface area contributed by atoms with Crippen LogP contribution in [0.1, 0.15) is 24.5 Å². The Kier molecular flexibility index (Phi) is 4.24. The molecule has 0 spiro atoms. The van der Waals surface area contributed by atoms with E-state index in [9.17, 15) is 4.79 Å². The van der Waals surface area contributed by atoms with Crippen LogP contribution in [0.3, 0.4) is 0 Å². The van der Waals surface area contributed by atoms with Gasteiger partial charge in [-0.05, 0) is 31.0 Å². The van der Waals surface area contributed by atoms with Crippen LogP contribution in [0.15, 0.2) is 18.5 Å². The van der Waals surface area contributed by atoms with Crippen molar-refractivity contribution in [3.05, 3.63) is 29.6 Å². The number of primary amides is 1. The highest BCUT2D eigenvalue weighted by atomic mass is 16.1. The number of hydrogen-bond acceptors (Lipinski definition) is 3. The number of carbonyl (C=O) groups is 1. The molecule has 0 saturated heterocycles. The van der Waals surface area contributed by atoms with Crippen molar-refractivity contribution >= 4 is 5.91 Å². The summed E-state index contributed by atoms with van der Waals surface area (Å²) in [6.07, 6.45) is 3.96. The zero-order chi connectivity index (χ0) is 11.3. The topological polar surface area (TPSA) is 68.0 Å². The molecule has 0 saturated carbocycles. The van der Waals surface area contributed by atoms with E-state index in [1.54, 1.807) is 6.20 Å². The molecule has 3 N–H and O–H groups in total. The van der Waals surface area contributed by atoms with Crippen molar-refractivity contribution in [2.24, 2.45) is 5.73 Å². The molecule has 0 aliphatic heterocycles. The second-order valence-corrected chi connectivity index (χ2v) is 3.75. The number of nitrogens with zero attached hydrogens (tertiary/aromatic N) is 1. The number of pyridine rings is 1. The summed E-state index contributed by atoms with van der Waals surface area (Å²) in [7, 11) is 0. The smallest absolute Gasteiger partial charge is 0.218 e. The molecular formula is C11H17N3O. The lowest BCUT2D eigenvalue weighted by atomic mass is 10.1. The number of amides is 1. The van der Waals surface area contributed by atoms with Crippen LogP contribution in [0, 0.1) is 6.92 Å². The van der Waals surface area contributed by atoms with E-state index >= 15 is 0 Å². The summed E-state index contributed by atoms with van der Waals surface area (Å²) in [6, 6.07) is 2.07. The van der Waals surface area contributed by atoms with Crippen LogP contribution in [-0.2, 0) is 11.3 Å². The Morgan fingerprint density at radius 3 is 3.00 bits per heavy atom. The first-order chi connectivity index (χ1) is 7.09. The number of rotatable bonds is 5. The molecule has 15 heavy (non-hydrogen) atoms. The van der Waals surface area contributed by atoms with Crippen molar-refractivity contribution < 1.29 is 4.79 Å². The highest BCUT2D eigenvalue weighted by molar-refractivity contribution is 5.74. The van der Waals surface area contributed by atoms with Gasteiger partial charge in [-0.1, -0.05) is 0 Å². The van der Waals surface area contributed by atoms with Gasteiger partial charge < -0.3 is 11.1 Å². The molecule has 1 aromatic heterocycles. The standard InChI is InChI=1S/C11H17N3O/c1-8-3-4-13-6-10(8)7-14-9(2)5-11(12)15/h3-4,6,9,14H,5,7H2,1-2H3,(H2,12,15). The van der Waals surface area contributed by atoms with Crippen LogP contribution < -0.4 is 11.1 Å². The van der Waals surface area contributed by atoms with E-state index in [1.165, 1.54) is 5.56 Å². The van der Waals surface area contributed by atoms with Crippen LogP contribution in [0.25, 0.3) is 0 Å². The zero-order valence-corrected chi connectivity index (χ0v) is 9.16. The Labute approximate surface area is 89.9 Å². The van der Waals surface area contributed by atoms with Crippen molar-refractivity contribution in [2.45, 2.75) is 32.9 Å². The first kappa shape index (κ1) is 11.7. The number of aryl methyl sites for hydroxylation is 1. The Morgan fingerprint density at radius 1 is 1.67 bits per heavy atom. The van der Waals surface area contributed by atoms with E-state index in [-0.39, 0.29) is 11.9 Å². The predicted molar refractivity (Wildman–Crippen MR) is 59.1 cm³/mol. The van der Waals surface area contributed by atoms with Gasteiger partial charge in [-0.3, -0.25) is 9.78 Å². The maximum atomic E-state index is 10.7. The summed E-state index contributed by atoms with van der Waals surface area (Å²) in [5.41, 5.74) is 7.45. The largest absolute Gasteiger partial charge is 0.370 e. The van der Waals surface area contributed by atoms with Crippen LogP contribution in [0.2, 0.25) is 0 Å². The lowest BCUT2D eigenvalue weighted by Crippen LogP contribution is -2.30. The van der Waals surface area contributed by atoms with Gasteiger partial charge in [-0.2, -0.15) is 0 Å². The van der Waals surface area contributed by atoms with Gasteiger partial charge in [0.2, 0.25) is 5.91 Å². The summed E-state index contributed by atoms with van der Waals surface area (Å²) in [5, 5.41) is 3.23. The fourth-order valence-electron chi connectivity index (χ4n) is 1.34. The second-order valence-electron chi connectivity index (χ2n) is 3.75. The minimum absolute atomic E-state index is 0.0992. The maximum Gasteiger partial charge on any atom is 0.218 e. The molecule has 4 nitrogen and oxygen atoms in total. The molecule has 0 fully saturated rings. The molecule has 0 aliphatic rings. The summed E-state index contributed by atoms with van der Waals surface area (Å²) in [6.45, 7) is 4.70. The van der Waals surface area contributed by atoms with Gasteiger partial charge >= 0.3 is 0 Å². The molecule has 1 amide bonds. The van der Waals surface area contributed by atoms with E-state index in [1.807, 2.05) is 26.1 Å². The summed E-state index contributed by atoms with van der Waals surface area (Å²) >= 11 is 0. The predicted octanol–water partition coefficient (Wildman–Crippen LogP) is 0.744. The van der Waals surface area contributed by atoms with Crippen molar-refractivity contribution in [1.82, 2.24) is 10.3 Å². The fraction of sp³-hybridized carbons (Fsp3) is 0.455. The molecule has 1 atom stereocenters. The van der Waals surface area contributed by atoms with Crippen molar-refractivity contribution in [2.75, 3.05) is 0 Å². The summed E-state index contributed by atoms with van der Waals surface area (Å²) < 4.78 is 0. The molecule has 1 heterocycles. The van der Waals surface area contributed by atoms with Crippen LogP contribution in [0.5, 0.6) is 0 Å². The molecular weight excluding hydrogens is 190 g/mol. The van der Waals surface area contributed by atoms with Gasteiger partial charge in [0, 0.05) is 31.4 Å². The zero-order valence-electron chi connectivity index (χ0n) is 9.16. The molecule has 0 aromatic carbocycles. The lowest BCUT2D eigenvalue weighted by molar-refractivity contribution is -0.118. The van der Waals surface area contributed by atoms with Gasteiger partial charge in [0.1, 0.15) is 0 Å². The number of aromatic nitrogens is 1. The molecule has 1 rings (SSSR count).